The van der Waals surface area contributed by atoms with Gasteiger partial charge in [0.05, 0.1) is 0 Å². The highest BCUT2D eigenvalue weighted by molar-refractivity contribution is 5.81. The molecule has 0 heterocycles. The molecule has 3 heteroatoms. The number of rotatable bonds is 8. The van der Waals surface area contributed by atoms with Crippen molar-refractivity contribution >= 4 is 5.97 Å². The molecule has 34 heavy (non-hydrogen) atoms. The lowest BCUT2D eigenvalue weighted by Crippen LogP contribution is -2.34. The molecule has 0 amide bonds. The van der Waals surface area contributed by atoms with Crippen LogP contribution in [-0.4, -0.2) is 11.1 Å². The zero-order valence-electron chi connectivity index (χ0n) is 21.2. The van der Waals surface area contributed by atoms with E-state index in [1.807, 2.05) is 19.1 Å². The van der Waals surface area contributed by atoms with Crippen molar-refractivity contribution in [1.82, 2.24) is 0 Å². The van der Waals surface area contributed by atoms with Gasteiger partial charge in [-0.3, -0.25) is 0 Å². The molecule has 3 nitrogen and oxygen atoms in total. The Hall–Kier alpha value is -2.81. The van der Waals surface area contributed by atoms with E-state index >= 15 is 0 Å². The Bertz CT molecular complexity index is 1100. The van der Waals surface area contributed by atoms with E-state index in [2.05, 4.69) is 70.2 Å². The Balaban J connectivity index is 1.61. The quantitative estimate of drug-likeness (QED) is 0.326. The Morgan fingerprint density at radius 1 is 1.06 bits per heavy atom. The van der Waals surface area contributed by atoms with Crippen LogP contribution >= 0.6 is 0 Å². The van der Waals surface area contributed by atoms with Crippen LogP contribution in [0.15, 0.2) is 66.3 Å². The molecule has 2 aliphatic rings. The maximum Gasteiger partial charge on any atom is 0.328 e. The Kier molecular flexibility index (Phi) is 6.75. The molecule has 0 aliphatic heterocycles. The summed E-state index contributed by atoms with van der Waals surface area (Å²) in [5, 5.41) is 8.91. The number of ether oxygens (including phenoxy) is 1. The van der Waals surface area contributed by atoms with Gasteiger partial charge in [0.1, 0.15) is 12.4 Å². The highest BCUT2D eigenvalue weighted by Crippen LogP contribution is 2.56. The molecule has 4 rings (SSSR count). The number of benzene rings is 2. The number of hydrogen-bond acceptors (Lipinski definition) is 2. The summed E-state index contributed by atoms with van der Waals surface area (Å²) in [6.45, 7) is 11.9. The van der Waals surface area contributed by atoms with E-state index in [1.54, 1.807) is 0 Å². The summed E-state index contributed by atoms with van der Waals surface area (Å²) in [5.41, 5.74) is 6.52. The fraction of sp³-hybridized carbons (Fsp3) is 0.452. The number of carboxylic acids is 1. The zero-order chi connectivity index (χ0) is 24.5. The summed E-state index contributed by atoms with van der Waals surface area (Å²) in [5.74, 6) is 1.20. The third-order valence-corrected chi connectivity index (χ3v) is 7.71. The maximum absolute atomic E-state index is 10.8. The predicted molar refractivity (Wildman–Crippen MR) is 138 cm³/mol. The molecule has 2 aromatic rings. The highest BCUT2D eigenvalue weighted by atomic mass is 16.5. The smallest absolute Gasteiger partial charge is 0.328 e. The summed E-state index contributed by atoms with van der Waals surface area (Å²) in [7, 11) is 0. The molecule has 0 bridgehead atoms. The fourth-order valence-electron chi connectivity index (χ4n) is 5.32. The third-order valence-electron chi connectivity index (χ3n) is 7.71. The number of aliphatic carboxylic acids is 1. The first kappa shape index (κ1) is 24.3. The lowest BCUT2D eigenvalue weighted by molar-refractivity contribution is -0.131. The second kappa shape index (κ2) is 9.44. The topological polar surface area (TPSA) is 46.5 Å². The lowest BCUT2D eigenvalue weighted by atomic mass is 9.62. The van der Waals surface area contributed by atoms with Crippen LogP contribution in [0.4, 0.5) is 0 Å². The SMILES string of the molecule is CC(C=CCC1CC1c1cc2c(cc1OCc1ccccc1)C(C)(C)CCC2(C)C)=CC(=O)O. The minimum atomic E-state index is -0.897. The summed E-state index contributed by atoms with van der Waals surface area (Å²) >= 11 is 0. The fourth-order valence-corrected chi connectivity index (χ4v) is 5.32. The third kappa shape index (κ3) is 5.46. The standard InChI is InChI=1S/C31H38O3/c1-21(16-29(32)33)10-9-13-23-17-24(23)25-18-26-27(31(4,5)15-14-30(26,2)3)19-28(25)34-20-22-11-7-6-8-12-22/h6-12,16,18-19,23-24H,13-15,17,20H2,1-5H3,(H,32,33). The van der Waals surface area contributed by atoms with Crippen molar-refractivity contribution in [2.45, 2.75) is 83.7 Å². The van der Waals surface area contributed by atoms with Crippen LogP contribution in [-0.2, 0) is 22.2 Å². The first-order valence-corrected chi connectivity index (χ1v) is 12.5. The van der Waals surface area contributed by atoms with E-state index in [4.69, 9.17) is 9.84 Å². The van der Waals surface area contributed by atoms with Crippen molar-refractivity contribution in [3.8, 4) is 5.75 Å². The van der Waals surface area contributed by atoms with Crippen LogP contribution in [0.3, 0.4) is 0 Å². The Labute approximate surface area is 204 Å². The zero-order valence-corrected chi connectivity index (χ0v) is 21.2. The van der Waals surface area contributed by atoms with E-state index in [9.17, 15) is 4.79 Å². The van der Waals surface area contributed by atoms with Gasteiger partial charge < -0.3 is 9.84 Å². The second-order valence-corrected chi connectivity index (χ2v) is 11.4. The van der Waals surface area contributed by atoms with Crippen LogP contribution in [0, 0.1) is 5.92 Å². The minimum absolute atomic E-state index is 0.147. The van der Waals surface area contributed by atoms with Crippen molar-refractivity contribution in [2.75, 3.05) is 0 Å². The molecule has 0 aromatic heterocycles. The van der Waals surface area contributed by atoms with Gasteiger partial charge in [0, 0.05) is 6.08 Å². The summed E-state index contributed by atoms with van der Waals surface area (Å²) in [6, 6.07) is 15.2. The van der Waals surface area contributed by atoms with E-state index < -0.39 is 5.97 Å². The van der Waals surface area contributed by atoms with E-state index in [0.717, 1.165) is 24.2 Å². The van der Waals surface area contributed by atoms with Crippen molar-refractivity contribution < 1.29 is 14.6 Å². The van der Waals surface area contributed by atoms with Crippen LogP contribution < -0.4 is 4.74 Å². The van der Waals surface area contributed by atoms with Crippen LogP contribution in [0.5, 0.6) is 5.75 Å². The van der Waals surface area contributed by atoms with Crippen molar-refractivity contribution in [1.29, 1.82) is 0 Å². The van der Waals surface area contributed by atoms with Crippen molar-refractivity contribution in [2.24, 2.45) is 5.92 Å². The lowest BCUT2D eigenvalue weighted by Gasteiger charge is -2.42. The summed E-state index contributed by atoms with van der Waals surface area (Å²) < 4.78 is 6.49. The molecule has 0 radical (unpaired) electrons. The van der Waals surface area contributed by atoms with Crippen LogP contribution in [0.2, 0.25) is 0 Å². The van der Waals surface area contributed by atoms with Gasteiger partial charge >= 0.3 is 5.97 Å². The highest BCUT2D eigenvalue weighted by Gasteiger charge is 2.43. The van der Waals surface area contributed by atoms with Gasteiger partial charge in [-0.15, -0.1) is 0 Å². The molecular weight excluding hydrogens is 420 g/mol. The van der Waals surface area contributed by atoms with Gasteiger partial charge in [0.2, 0.25) is 0 Å². The molecule has 2 aliphatic carbocycles. The second-order valence-electron chi connectivity index (χ2n) is 11.4. The molecule has 0 saturated heterocycles. The first-order chi connectivity index (χ1) is 16.1. The van der Waals surface area contributed by atoms with Gasteiger partial charge in [-0.2, -0.15) is 0 Å². The molecule has 1 N–H and O–H groups in total. The van der Waals surface area contributed by atoms with E-state index in [-0.39, 0.29) is 10.8 Å². The first-order valence-electron chi connectivity index (χ1n) is 12.5. The number of hydrogen-bond donors (Lipinski definition) is 1. The average molecular weight is 459 g/mol. The molecular formula is C31H38O3. The monoisotopic (exact) mass is 458 g/mol. The van der Waals surface area contributed by atoms with Crippen molar-refractivity contribution in [3.63, 3.8) is 0 Å². The average Bonchev–Trinajstić information content (AvgIpc) is 3.54. The molecule has 2 atom stereocenters. The van der Waals surface area contributed by atoms with Crippen LogP contribution in [0.1, 0.15) is 88.5 Å². The molecule has 1 saturated carbocycles. The number of allylic oxidation sites excluding steroid dienone is 3. The maximum atomic E-state index is 10.8. The van der Waals surface area contributed by atoms with Crippen molar-refractivity contribution in [3.05, 3.63) is 88.5 Å². The van der Waals surface area contributed by atoms with E-state index in [0.29, 0.717) is 18.4 Å². The van der Waals surface area contributed by atoms with E-state index in [1.165, 1.54) is 41.2 Å². The molecule has 2 unspecified atom stereocenters. The Morgan fingerprint density at radius 3 is 2.35 bits per heavy atom. The van der Waals surface area contributed by atoms with Gasteiger partial charge in [-0.25, -0.2) is 4.79 Å². The normalized spacial score (nSPS) is 22.9. The van der Waals surface area contributed by atoms with Gasteiger partial charge in [0.15, 0.2) is 0 Å². The summed E-state index contributed by atoms with van der Waals surface area (Å²) in [6.07, 6.45) is 9.79. The molecule has 2 aromatic carbocycles. The number of carboxylic acid groups (broad SMARTS) is 1. The Morgan fingerprint density at radius 2 is 1.71 bits per heavy atom. The van der Waals surface area contributed by atoms with Gasteiger partial charge in [-0.1, -0.05) is 76.2 Å². The number of fused-ring (bicyclic) bond motifs is 1. The minimum Gasteiger partial charge on any atom is -0.489 e. The largest absolute Gasteiger partial charge is 0.489 e. The molecule has 180 valence electrons. The summed E-state index contributed by atoms with van der Waals surface area (Å²) in [4.78, 5) is 10.8. The van der Waals surface area contributed by atoms with Gasteiger partial charge in [0.25, 0.3) is 0 Å². The predicted octanol–water partition coefficient (Wildman–Crippen LogP) is 7.70. The molecule has 0 spiro atoms. The number of carbonyl (C=O) groups is 1. The van der Waals surface area contributed by atoms with Crippen LogP contribution in [0.25, 0.3) is 0 Å². The van der Waals surface area contributed by atoms with Gasteiger partial charge in [-0.05, 0) is 89.2 Å². The molecule has 1 fully saturated rings.